The zero-order valence-corrected chi connectivity index (χ0v) is 12.6. The van der Waals surface area contributed by atoms with Crippen LogP contribution in [0.25, 0.3) is 0 Å². The second-order valence-electron chi connectivity index (χ2n) is 4.87. The SMILES string of the molecule is CCC(=O)CC[C@@H](NC(=O)COCc1ccccc1)C(=O)O. The molecular formula is C16H21NO5. The van der Waals surface area contributed by atoms with Crippen LogP contribution in [0.5, 0.6) is 0 Å². The summed E-state index contributed by atoms with van der Waals surface area (Å²) < 4.78 is 5.24. The number of nitrogens with one attached hydrogen (secondary N) is 1. The van der Waals surface area contributed by atoms with Crippen molar-refractivity contribution < 1.29 is 24.2 Å². The van der Waals surface area contributed by atoms with E-state index in [9.17, 15) is 14.4 Å². The van der Waals surface area contributed by atoms with Gasteiger partial charge in [-0.05, 0) is 12.0 Å². The molecule has 0 saturated heterocycles. The van der Waals surface area contributed by atoms with Crippen LogP contribution in [0.2, 0.25) is 0 Å². The van der Waals surface area contributed by atoms with Crippen molar-refractivity contribution in [2.45, 2.75) is 38.8 Å². The molecule has 6 heteroatoms. The van der Waals surface area contributed by atoms with Crippen molar-refractivity contribution in [3.05, 3.63) is 35.9 Å². The summed E-state index contributed by atoms with van der Waals surface area (Å²) in [5, 5.41) is 11.4. The van der Waals surface area contributed by atoms with Crippen molar-refractivity contribution in [3.63, 3.8) is 0 Å². The molecule has 1 atom stereocenters. The van der Waals surface area contributed by atoms with Crippen LogP contribution < -0.4 is 5.32 Å². The van der Waals surface area contributed by atoms with Crippen molar-refractivity contribution in [2.75, 3.05) is 6.61 Å². The van der Waals surface area contributed by atoms with Crippen LogP contribution in [0, 0.1) is 0 Å². The summed E-state index contributed by atoms with van der Waals surface area (Å²) in [5.74, 6) is -1.69. The van der Waals surface area contributed by atoms with Crippen LogP contribution in [0.4, 0.5) is 0 Å². The van der Waals surface area contributed by atoms with Gasteiger partial charge in [0.2, 0.25) is 5.91 Å². The molecule has 0 radical (unpaired) electrons. The molecule has 1 aromatic carbocycles. The van der Waals surface area contributed by atoms with Gasteiger partial charge in [0.25, 0.3) is 0 Å². The number of amides is 1. The summed E-state index contributed by atoms with van der Waals surface area (Å²) in [4.78, 5) is 34.0. The van der Waals surface area contributed by atoms with Crippen LogP contribution in [0.15, 0.2) is 30.3 Å². The first-order valence-corrected chi connectivity index (χ1v) is 7.18. The number of hydrogen-bond donors (Lipinski definition) is 2. The minimum atomic E-state index is -1.15. The topological polar surface area (TPSA) is 92.7 Å². The van der Waals surface area contributed by atoms with E-state index >= 15 is 0 Å². The van der Waals surface area contributed by atoms with Gasteiger partial charge in [-0.25, -0.2) is 4.79 Å². The van der Waals surface area contributed by atoms with Gasteiger partial charge in [-0.1, -0.05) is 37.3 Å². The Hall–Kier alpha value is -2.21. The zero-order chi connectivity index (χ0) is 16.4. The number of carbonyl (C=O) groups is 3. The third-order valence-corrected chi connectivity index (χ3v) is 3.08. The molecule has 0 bridgehead atoms. The Balaban J connectivity index is 2.33. The van der Waals surface area contributed by atoms with Gasteiger partial charge in [0, 0.05) is 12.8 Å². The van der Waals surface area contributed by atoms with Crippen molar-refractivity contribution in [1.29, 1.82) is 0 Å². The summed E-state index contributed by atoms with van der Waals surface area (Å²) in [6.07, 6.45) is 0.589. The Kier molecular flexibility index (Phi) is 7.85. The first-order chi connectivity index (χ1) is 10.5. The average Bonchev–Trinajstić information content (AvgIpc) is 2.51. The van der Waals surface area contributed by atoms with Gasteiger partial charge in [-0.2, -0.15) is 0 Å². The third-order valence-electron chi connectivity index (χ3n) is 3.08. The number of benzene rings is 1. The number of carboxylic acids is 1. The Morgan fingerprint density at radius 3 is 2.50 bits per heavy atom. The lowest BCUT2D eigenvalue weighted by molar-refractivity contribution is -0.143. The fraction of sp³-hybridized carbons (Fsp3) is 0.438. The molecule has 1 rings (SSSR count). The second kappa shape index (κ2) is 9.68. The first kappa shape index (κ1) is 17.8. The van der Waals surface area contributed by atoms with Gasteiger partial charge in [-0.3, -0.25) is 9.59 Å². The van der Waals surface area contributed by atoms with E-state index < -0.39 is 17.9 Å². The molecule has 6 nitrogen and oxygen atoms in total. The highest BCUT2D eigenvalue weighted by Crippen LogP contribution is 2.02. The molecule has 1 amide bonds. The van der Waals surface area contributed by atoms with Crippen LogP contribution in [-0.2, 0) is 25.7 Å². The van der Waals surface area contributed by atoms with Gasteiger partial charge in [0.15, 0.2) is 0 Å². The van der Waals surface area contributed by atoms with Crippen LogP contribution in [0.1, 0.15) is 31.7 Å². The Bertz CT molecular complexity index is 501. The highest BCUT2D eigenvalue weighted by molar-refractivity contribution is 5.85. The quantitative estimate of drug-likeness (QED) is 0.684. The standard InChI is InChI=1S/C16H21NO5/c1-2-13(18)8-9-14(16(20)21)17-15(19)11-22-10-12-6-4-3-5-7-12/h3-7,14H,2,8-11H2,1H3,(H,17,19)(H,20,21)/t14-/m1/s1. The Labute approximate surface area is 129 Å². The predicted molar refractivity (Wildman–Crippen MR) is 80.2 cm³/mol. The molecule has 0 aromatic heterocycles. The van der Waals surface area contributed by atoms with Crippen molar-refractivity contribution in [3.8, 4) is 0 Å². The molecule has 22 heavy (non-hydrogen) atoms. The lowest BCUT2D eigenvalue weighted by Gasteiger charge is -2.14. The monoisotopic (exact) mass is 307 g/mol. The number of ketones is 1. The van der Waals surface area contributed by atoms with Crippen molar-refractivity contribution >= 4 is 17.7 Å². The molecule has 120 valence electrons. The molecule has 2 N–H and O–H groups in total. The highest BCUT2D eigenvalue weighted by Gasteiger charge is 2.20. The van der Waals surface area contributed by atoms with E-state index in [0.29, 0.717) is 6.42 Å². The molecule has 0 saturated carbocycles. The molecule has 0 unspecified atom stereocenters. The van der Waals surface area contributed by atoms with Crippen LogP contribution >= 0.6 is 0 Å². The number of carbonyl (C=O) groups excluding carboxylic acids is 2. The second-order valence-corrected chi connectivity index (χ2v) is 4.87. The minimum absolute atomic E-state index is 0.0270. The highest BCUT2D eigenvalue weighted by atomic mass is 16.5. The molecule has 1 aromatic rings. The maximum absolute atomic E-state index is 11.7. The maximum Gasteiger partial charge on any atom is 0.326 e. The molecule has 0 fully saturated rings. The fourth-order valence-corrected chi connectivity index (χ4v) is 1.81. The summed E-state index contributed by atoms with van der Waals surface area (Å²) in [6.45, 7) is 1.77. The van der Waals surface area contributed by atoms with E-state index in [-0.39, 0.29) is 31.8 Å². The maximum atomic E-state index is 11.7. The average molecular weight is 307 g/mol. The fourth-order valence-electron chi connectivity index (χ4n) is 1.81. The van der Waals surface area contributed by atoms with Gasteiger partial charge in [0.05, 0.1) is 6.61 Å². The summed E-state index contributed by atoms with van der Waals surface area (Å²) in [6, 6.07) is 8.28. The van der Waals surface area contributed by atoms with Crippen LogP contribution in [-0.4, -0.2) is 35.4 Å². The van der Waals surface area contributed by atoms with E-state index in [1.54, 1.807) is 6.92 Å². The van der Waals surface area contributed by atoms with Gasteiger partial charge in [0.1, 0.15) is 18.4 Å². The van der Waals surface area contributed by atoms with Gasteiger partial charge in [-0.15, -0.1) is 0 Å². The largest absolute Gasteiger partial charge is 0.480 e. The van der Waals surface area contributed by atoms with E-state index in [2.05, 4.69) is 5.32 Å². The number of rotatable bonds is 10. The normalized spacial score (nSPS) is 11.7. The lowest BCUT2D eigenvalue weighted by atomic mass is 10.1. The molecule has 0 aliphatic heterocycles. The molecule has 0 aliphatic carbocycles. The minimum Gasteiger partial charge on any atom is -0.480 e. The van der Waals surface area contributed by atoms with Crippen molar-refractivity contribution in [2.24, 2.45) is 0 Å². The molecule has 0 aliphatic rings. The first-order valence-electron chi connectivity index (χ1n) is 7.18. The summed E-state index contributed by atoms with van der Waals surface area (Å²) in [7, 11) is 0. The van der Waals surface area contributed by atoms with Gasteiger partial charge >= 0.3 is 5.97 Å². The summed E-state index contributed by atoms with van der Waals surface area (Å²) >= 11 is 0. The van der Waals surface area contributed by atoms with E-state index in [0.717, 1.165) is 5.56 Å². The number of aliphatic carboxylic acids is 1. The zero-order valence-electron chi connectivity index (χ0n) is 12.6. The van der Waals surface area contributed by atoms with E-state index in [1.807, 2.05) is 30.3 Å². The van der Waals surface area contributed by atoms with Crippen LogP contribution in [0.3, 0.4) is 0 Å². The van der Waals surface area contributed by atoms with Crippen molar-refractivity contribution in [1.82, 2.24) is 5.32 Å². The Morgan fingerprint density at radius 1 is 1.23 bits per heavy atom. The van der Waals surface area contributed by atoms with Gasteiger partial charge < -0.3 is 15.2 Å². The summed E-state index contributed by atoms with van der Waals surface area (Å²) in [5.41, 5.74) is 0.929. The number of Topliss-reactive ketones (excluding diaryl/α,β-unsaturated/α-hetero) is 1. The number of hydrogen-bond acceptors (Lipinski definition) is 4. The number of ether oxygens (including phenoxy) is 1. The van der Waals surface area contributed by atoms with E-state index in [1.165, 1.54) is 0 Å². The number of carboxylic acid groups (broad SMARTS) is 1. The predicted octanol–water partition coefficient (Wildman–Crippen LogP) is 1.53. The molecule has 0 heterocycles. The lowest BCUT2D eigenvalue weighted by Crippen LogP contribution is -2.42. The smallest absolute Gasteiger partial charge is 0.326 e. The molecule has 0 spiro atoms. The van der Waals surface area contributed by atoms with E-state index in [4.69, 9.17) is 9.84 Å². The Morgan fingerprint density at radius 2 is 1.91 bits per heavy atom. The third kappa shape index (κ3) is 6.99. The molecular weight excluding hydrogens is 286 g/mol.